The summed E-state index contributed by atoms with van der Waals surface area (Å²) < 4.78 is 0. The van der Waals surface area contributed by atoms with Crippen LogP contribution in [0.25, 0.3) is 0 Å². The minimum atomic E-state index is -0.417. The quantitative estimate of drug-likeness (QED) is 0.733. The van der Waals surface area contributed by atoms with E-state index in [0.29, 0.717) is 15.7 Å². The molecular weight excluding hydrogens is 331 g/mol. The maximum atomic E-state index is 12.3. The Balaban J connectivity index is 1.99. The van der Waals surface area contributed by atoms with Gasteiger partial charge in [-0.15, -0.1) is 0 Å². The van der Waals surface area contributed by atoms with Crippen molar-refractivity contribution >= 4 is 40.5 Å². The first kappa shape index (κ1) is 17.6. The average Bonchev–Trinajstić information content (AvgIpc) is 2.53. The van der Waals surface area contributed by atoms with Crippen molar-refractivity contribution in [3.8, 4) is 0 Å². The van der Waals surface area contributed by atoms with E-state index in [1.807, 2.05) is 12.1 Å². The van der Waals surface area contributed by atoms with E-state index >= 15 is 0 Å². The van der Waals surface area contributed by atoms with Crippen LogP contribution in [0.5, 0.6) is 0 Å². The Kier molecular flexibility index (Phi) is 6.31. The van der Waals surface area contributed by atoms with Gasteiger partial charge in [0.2, 0.25) is 5.91 Å². The molecule has 1 atom stereocenters. The minimum absolute atomic E-state index is 0.197. The normalized spacial score (nSPS) is 11.8. The van der Waals surface area contributed by atoms with E-state index in [4.69, 9.17) is 23.2 Å². The number of aryl methyl sites for hydroxylation is 1. The van der Waals surface area contributed by atoms with Gasteiger partial charge in [0.15, 0.2) is 0 Å². The summed E-state index contributed by atoms with van der Waals surface area (Å²) in [7, 11) is 0. The molecule has 2 aromatic rings. The van der Waals surface area contributed by atoms with E-state index in [2.05, 4.69) is 29.7 Å². The predicted molar refractivity (Wildman–Crippen MR) is 98.6 cm³/mol. The number of anilines is 2. The van der Waals surface area contributed by atoms with Crippen LogP contribution in [0.15, 0.2) is 42.5 Å². The van der Waals surface area contributed by atoms with Crippen LogP contribution in [0, 0.1) is 0 Å². The number of nitrogens with one attached hydrogen (secondary N) is 2. The molecule has 122 valence electrons. The molecule has 5 heteroatoms. The Hall–Kier alpha value is -1.71. The molecule has 0 aliphatic rings. The fourth-order valence-electron chi connectivity index (χ4n) is 2.22. The molecule has 0 radical (unpaired) electrons. The lowest BCUT2D eigenvalue weighted by atomic mass is 10.1. The summed E-state index contributed by atoms with van der Waals surface area (Å²) in [6.07, 6.45) is 2.17. The fraction of sp³-hybridized carbons (Fsp3) is 0.278. The highest BCUT2D eigenvalue weighted by Crippen LogP contribution is 2.29. The molecule has 2 N–H and O–H groups in total. The third kappa shape index (κ3) is 4.88. The molecule has 0 unspecified atom stereocenters. The number of amides is 1. The van der Waals surface area contributed by atoms with Crippen molar-refractivity contribution in [3.05, 3.63) is 58.1 Å². The highest BCUT2D eigenvalue weighted by Gasteiger charge is 2.15. The first-order chi connectivity index (χ1) is 11.0. The number of carbonyl (C=O) groups excluding carboxylic acids is 1. The number of rotatable bonds is 6. The second-order valence-corrected chi connectivity index (χ2v) is 6.21. The zero-order valence-corrected chi connectivity index (χ0v) is 14.7. The van der Waals surface area contributed by atoms with E-state index in [0.717, 1.165) is 18.5 Å². The van der Waals surface area contributed by atoms with E-state index < -0.39 is 6.04 Å². The summed E-state index contributed by atoms with van der Waals surface area (Å²) in [6.45, 7) is 3.94. The van der Waals surface area contributed by atoms with Crippen LogP contribution < -0.4 is 10.6 Å². The Bertz CT molecular complexity index is 651. The van der Waals surface area contributed by atoms with Gasteiger partial charge in [-0.2, -0.15) is 0 Å². The third-order valence-electron chi connectivity index (χ3n) is 3.48. The van der Waals surface area contributed by atoms with Crippen molar-refractivity contribution in [3.63, 3.8) is 0 Å². The van der Waals surface area contributed by atoms with E-state index in [9.17, 15) is 4.79 Å². The fourth-order valence-corrected chi connectivity index (χ4v) is 2.71. The monoisotopic (exact) mass is 350 g/mol. The largest absolute Gasteiger partial charge is 0.374 e. The van der Waals surface area contributed by atoms with Gasteiger partial charge in [0.25, 0.3) is 0 Å². The molecule has 0 aromatic heterocycles. The SMILES string of the molecule is CCCc1ccc(N[C@@H](C)C(=O)Nc2c(Cl)cccc2Cl)cc1. The van der Waals surface area contributed by atoms with Gasteiger partial charge in [-0.1, -0.05) is 54.7 Å². The van der Waals surface area contributed by atoms with Crippen LogP contribution in [0.2, 0.25) is 10.0 Å². The Morgan fingerprint density at radius 3 is 2.26 bits per heavy atom. The van der Waals surface area contributed by atoms with Crippen molar-refractivity contribution in [2.75, 3.05) is 10.6 Å². The summed E-state index contributed by atoms with van der Waals surface area (Å²) in [5, 5.41) is 6.77. The lowest BCUT2D eigenvalue weighted by molar-refractivity contribution is -0.116. The zero-order valence-electron chi connectivity index (χ0n) is 13.2. The highest BCUT2D eigenvalue weighted by molar-refractivity contribution is 6.39. The number of para-hydroxylation sites is 1. The number of halogens is 2. The zero-order chi connectivity index (χ0) is 16.8. The van der Waals surface area contributed by atoms with Crippen molar-refractivity contribution < 1.29 is 4.79 Å². The average molecular weight is 351 g/mol. The van der Waals surface area contributed by atoms with E-state index in [1.54, 1.807) is 25.1 Å². The molecule has 0 heterocycles. The Labute approximate surface area is 147 Å². The molecule has 0 fully saturated rings. The first-order valence-corrected chi connectivity index (χ1v) is 8.37. The lowest BCUT2D eigenvalue weighted by Gasteiger charge is -2.17. The Morgan fingerprint density at radius 1 is 1.09 bits per heavy atom. The molecular formula is C18H20Cl2N2O. The van der Waals surface area contributed by atoms with Crippen LogP contribution in [-0.4, -0.2) is 11.9 Å². The molecule has 0 saturated carbocycles. The predicted octanol–water partition coefficient (Wildman–Crippen LogP) is 5.39. The molecule has 2 aromatic carbocycles. The van der Waals surface area contributed by atoms with Gasteiger partial charge in [-0.25, -0.2) is 0 Å². The highest BCUT2D eigenvalue weighted by atomic mass is 35.5. The number of hydrogen-bond acceptors (Lipinski definition) is 2. The van der Waals surface area contributed by atoms with Crippen molar-refractivity contribution in [2.24, 2.45) is 0 Å². The van der Waals surface area contributed by atoms with Gasteiger partial charge >= 0.3 is 0 Å². The van der Waals surface area contributed by atoms with Gasteiger partial charge in [0, 0.05) is 5.69 Å². The van der Waals surface area contributed by atoms with E-state index in [1.165, 1.54) is 5.56 Å². The summed E-state index contributed by atoms with van der Waals surface area (Å²) in [4.78, 5) is 12.3. The second kappa shape index (κ2) is 8.23. The molecule has 2 rings (SSSR count). The summed E-state index contributed by atoms with van der Waals surface area (Å²) in [5.74, 6) is -0.197. The van der Waals surface area contributed by atoms with Crippen LogP contribution >= 0.6 is 23.2 Å². The van der Waals surface area contributed by atoms with Gasteiger partial charge in [0.05, 0.1) is 15.7 Å². The van der Waals surface area contributed by atoms with Gasteiger partial charge in [-0.3, -0.25) is 4.79 Å². The standard InChI is InChI=1S/C18H20Cl2N2O/c1-3-5-13-8-10-14(11-9-13)21-12(2)18(23)22-17-15(19)6-4-7-16(17)20/h4,6-12,21H,3,5H2,1-2H3,(H,22,23)/t12-/m0/s1. The van der Waals surface area contributed by atoms with Crippen LogP contribution in [0.1, 0.15) is 25.8 Å². The van der Waals surface area contributed by atoms with Gasteiger partial charge in [-0.05, 0) is 43.2 Å². The molecule has 0 aliphatic carbocycles. The smallest absolute Gasteiger partial charge is 0.246 e. The molecule has 0 saturated heterocycles. The van der Waals surface area contributed by atoms with Crippen molar-refractivity contribution in [2.45, 2.75) is 32.7 Å². The molecule has 0 spiro atoms. The molecule has 1 amide bonds. The molecule has 0 bridgehead atoms. The second-order valence-electron chi connectivity index (χ2n) is 5.40. The topological polar surface area (TPSA) is 41.1 Å². The minimum Gasteiger partial charge on any atom is -0.374 e. The third-order valence-corrected chi connectivity index (χ3v) is 4.11. The van der Waals surface area contributed by atoms with E-state index in [-0.39, 0.29) is 5.91 Å². The van der Waals surface area contributed by atoms with Gasteiger partial charge < -0.3 is 10.6 Å². The summed E-state index contributed by atoms with van der Waals surface area (Å²) >= 11 is 12.1. The number of benzene rings is 2. The van der Waals surface area contributed by atoms with Crippen LogP contribution in [-0.2, 0) is 11.2 Å². The molecule has 0 aliphatic heterocycles. The van der Waals surface area contributed by atoms with Crippen LogP contribution in [0.4, 0.5) is 11.4 Å². The summed E-state index contributed by atoms with van der Waals surface area (Å²) in [6, 6.07) is 12.8. The number of hydrogen-bond donors (Lipinski definition) is 2. The summed E-state index contributed by atoms with van der Waals surface area (Å²) in [5.41, 5.74) is 2.63. The molecule has 3 nitrogen and oxygen atoms in total. The maximum Gasteiger partial charge on any atom is 0.246 e. The first-order valence-electron chi connectivity index (χ1n) is 7.61. The van der Waals surface area contributed by atoms with Crippen molar-refractivity contribution in [1.82, 2.24) is 0 Å². The Morgan fingerprint density at radius 2 is 1.70 bits per heavy atom. The maximum absolute atomic E-state index is 12.3. The van der Waals surface area contributed by atoms with Gasteiger partial charge in [0.1, 0.15) is 6.04 Å². The molecule has 23 heavy (non-hydrogen) atoms. The number of carbonyl (C=O) groups is 1. The van der Waals surface area contributed by atoms with Crippen LogP contribution in [0.3, 0.4) is 0 Å². The lowest BCUT2D eigenvalue weighted by Crippen LogP contribution is -2.32. The van der Waals surface area contributed by atoms with Crippen molar-refractivity contribution in [1.29, 1.82) is 0 Å².